The molecule has 1 aliphatic rings. The Bertz CT molecular complexity index is 345. The minimum Gasteiger partial charge on any atom is -0.319 e. The first-order valence-electron chi connectivity index (χ1n) is 6.93. The molecule has 17 heavy (non-hydrogen) atoms. The van der Waals surface area contributed by atoms with Gasteiger partial charge in [0.2, 0.25) is 0 Å². The van der Waals surface area contributed by atoms with Gasteiger partial charge in [-0.05, 0) is 64.1 Å². The van der Waals surface area contributed by atoms with Crippen molar-refractivity contribution < 1.29 is 0 Å². The standard InChI is InChI=1S/C14H25N3/c1-4-11(2)17-8-7-14(16-17)9-12-5-6-13(12)10-15-3/h7-8,11-13,15H,4-6,9-10H2,1-3H3. The molecule has 1 aliphatic carbocycles. The maximum atomic E-state index is 4.69. The quantitative estimate of drug-likeness (QED) is 0.821. The highest BCUT2D eigenvalue weighted by atomic mass is 15.3. The Labute approximate surface area is 105 Å². The highest BCUT2D eigenvalue weighted by Crippen LogP contribution is 2.36. The fraction of sp³-hybridized carbons (Fsp3) is 0.786. The second-order valence-corrected chi connectivity index (χ2v) is 5.40. The molecule has 0 aliphatic heterocycles. The average Bonchev–Trinajstić information content (AvgIpc) is 2.79. The molecule has 0 radical (unpaired) electrons. The van der Waals surface area contributed by atoms with Gasteiger partial charge in [0.15, 0.2) is 0 Å². The molecule has 0 aromatic carbocycles. The van der Waals surface area contributed by atoms with E-state index in [1.165, 1.54) is 18.5 Å². The number of rotatable bonds is 6. The van der Waals surface area contributed by atoms with E-state index < -0.39 is 0 Å². The van der Waals surface area contributed by atoms with Gasteiger partial charge in [0.25, 0.3) is 0 Å². The van der Waals surface area contributed by atoms with Crippen LogP contribution in [-0.2, 0) is 6.42 Å². The highest BCUT2D eigenvalue weighted by Gasteiger charge is 2.30. The number of nitrogens with one attached hydrogen (secondary N) is 1. The smallest absolute Gasteiger partial charge is 0.0627 e. The van der Waals surface area contributed by atoms with Crippen LogP contribution in [0.5, 0.6) is 0 Å². The second-order valence-electron chi connectivity index (χ2n) is 5.40. The van der Waals surface area contributed by atoms with Crippen LogP contribution in [0, 0.1) is 11.8 Å². The molecule has 1 aromatic rings. The largest absolute Gasteiger partial charge is 0.319 e. The zero-order chi connectivity index (χ0) is 12.3. The average molecular weight is 235 g/mol. The van der Waals surface area contributed by atoms with Crippen LogP contribution in [0.25, 0.3) is 0 Å². The summed E-state index contributed by atoms with van der Waals surface area (Å²) >= 11 is 0. The maximum absolute atomic E-state index is 4.69. The number of hydrogen-bond donors (Lipinski definition) is 1. The number of aromatic nitrogens is 2. The van der Waals surface area contributed by atoms with E-state index in [2.05, 4.69) is 36.1 Å². The Morgan fingerprint density at radius 1 is 1.47 bits per heavy atom. The van der Waals surface area contributed by atoms with Crippen LogP contribution in [0.4, 0.5) is 0 Å². The van der Waals surface area contributed by atoms with Gasteiger partial charge in [-0.15, -0.1) is 0 Å². The van der Waals surface area contributed by atoms with Crippen molar-refractivity contribution in [2.24, 2.45) is 11.8 Å². The fourth-order valence-electron chi connectivity index (χ4n) is 2.63. The van der Waals surface area contributed by atoms with Gasteiger partial charge in [-0.25, -0.2) is 0 Å². The summed E-state index contributed by atoms with van der Waals surface area (Å²) < 4.78 is 2.11. The third-order valence-corrected chi connectivity index (χ3v) is 4.22. The molecule has 3 nitrogen and oxygen atoms in total. The Morgan fingerprint density at radius 2 is 2.24 bits per heavy atom. The van der Waals surface area contributed by atoms with E-state index in [-0.39, 0.29) is 0 Å². The van der Waals surface area contributed by atoms with Crippen molar-refractivity contribution in [1.29, 1.82) is 0 Å². The third kappa shape index (κ3) is 2.89. The minimum absolute atomic E-state index is 0.526. The molecule has 0 amide bonds. The van der Waals surface area contributed by atoms with Gasteiger partial charge in [0.05, 0.1) is 5.69 Å². The molecule has 0 spiro atoms. The van der Waals surface area contributed by atoms with Crippen LogP contribution in [0.3, 0.4) is 0 Å². The third-order valence-electron chi connectivity index (χ3n) is 4.22. The zero-order valence-electron chi connectivity index (χ0n) is 11.3. The molecule has 0 saturated heterocycles. The Morgan fingerprint density at radius 3 is 2.82 bits per heavy atom. The summed E-state index contributed by atoms with van der Waals surface area (Å²) in [5.41, 5.74) is 1.27. The van der Waals surface area contributed by atoms with Gasteiger partial charge in [-0.3, -0.25) is 4.68 Å². The van der Waals surface area contributed by atoms with Crippen molar-refractivity contribution in [2.45, 2.75) is 45.6 Å². The first kappa shape index (κ1) is 12.6. The van der Waals surface area contributed by atoms with Crippen LogP contribution in [0.15, 0.2) is 12.3 Å². The van der Waals surface area contributed by atoms with E-state index in [9.17, 15) is 0 Å². The lowest BCUT2D eigenvalue weighted by Gasteiger charge is -2.36. The lowest BCUT2D eigenvalue weighted by molar-refractivity contribution is 0.172. The first-order valence-corrected chi connectivity index (χ1v) is 6.93. The summed E-state index contributed by atoms with van der Waals surface area (Å²) in [5.74, 6) is 1.72. The Balaban J connectivity index is 1.88. The molecule has 0 bridgehead atoms. The molecule has 3 unspecified atom stereocenters. The molecule has 3 heteroatoms. The van der Waals surface area contributed by atoms with Gasteiger partial charge in [0.1, 0.15) is 0 Å². The van der Waals surface area contributed by atoms with Crippen molar-refractivity contribution in [1.82, 2.24) is 15.1 Å². The number of nitrogens with zero attached hydrogens (tertiary/aromatic N) is 2. The minimum atomic E-state index is 0.526. The molecular weight excluding hydrogens is 210 g/mol. The summed E-state index contributed by atoms with van der Waals surface area (Å²) in [6.45, 7) is 5.60. The zero-order valence-corrected chi connectivity index (χ0v) is 11.3. The van der Waals surface area contributed by atoms with Crippen molar-refractivity contribution >= 4 is 0 Å². The van der Waals surface area contributed by atoms with Gasteiger partial charge >= 0.3 is 0 Å². The molecule has 1 aromatic heterocycles. The Kier molecular flexibility index (Phi) is 4.21. The van der Waals surface area contributed by atoms with Crippen molar-refractivity contribution in [3.63, 3.8) is 0 Å². The number of hydrogen-bond acceptors (Lipinski definition) is 2. The van der Waals surface area contributed by atoms with E-state index >= 15 is 0 Å². The fourth-order valence-corrected chi connectivity index (χ4v) is 2.63. The summed E-state index contributed by atoms with van der Waals surface area (Å²) in [4.78, 5) is 0. The lowest BCUT2D eigenvalue weighted by atomic mass is 9.71. The first-order chi connectivity index (χ1) is 8.24. The van der Waals surface area contributed by atoms with E-state index in [0.29, 0.717) is 6.04 Å². The van der Waals surface area contributed by atoms with Crippen LogP contribution in [0.1, 0.15) is 44.8 Å². The highest BCUT2D eigenvalue weighted by molar-refractivity contribution is 5.03. The lowest BCUT2D eigenvalue weighted by Crippen LogP contribution is -2.35. The normalized spacial score (nSPS) is 25.6. The molecule has 3 atom stereocenters. The molecule has 96 valence electrons. The maximum Gasteiger partial charge on any atom is 0.0627 e. The summed E-state index contributed by atoms with van der Waals surface area (Å²) in [6, 6.07) is 2.72. The van der Waals surface area contributed by atoms with Gasteiger partial charge < -0.3 is 5.32 Å². The molecule has 1 heterocycles. The second kappa shape index (κ2) is 5.67. The van der Waals surface area contributed by atoms with E-state index in [0.717, 1.165) is 31.2 Å². The Hall–Kier alpha value is -0.830. The predicted molar refractivity (Wildman–Crippen MR) is 71.1 cm³/mol. The monoisotopic (exact) mass is 235 g/mol. The molecule has 1 fully saturated rings. The summed E-state index contributed by atoms with van der Waals surface area (Å²) in [6.07, 6.45) is 7.21. The van der Waals surface area contributed by atoms with Crippen LogP contribution in [0.2, 0.25) is 0 Å². The van der Waals surface area contributed by atoms with Crippen LogP contribution < -0.4 is 5.32 Å². The van der Waals surface area contributed by atoms with E-state index in [1.54, 1.807) is 0 Å². The summed E-state index contributed by atoms with van der Waals surface area (Å²) in [5, 5.41) is 7.99. The van der Waals surface area contributed by atoms with Gasteiger partial charge in [-0.1, -0.05) is 6.92 Å². The van der Waals surface area contributed by atoms with Gasteiger partial charge in [-0.2, -0.15) is 5.10 Å². The van der Waals surface area contributed by atoms with Crippen molar-refractivity contribution in [3.8, 4) is 0 Å². The molecule has 2 rings (SSSR count). The van der Waals surface area contributed by atoms with Gasteiger partial charge in [0, 0.05) is 12.2 Å². The molecule has 1 saturated carbocycles. The van der Waals surface area contributed by atoms with Crippen molar-refractivity contribution in [3.05, 3.63) is 18.0 Å². The SMILES string of the molecule is CCC(C)n1ccc(CC2CCC2CNC)n1. The van der Waals surface area contributed by atoms with E-state index in [4.69, 9.17) is 5.10 Å². The van der Waals surface area contributed by atoms with E-state index in [1.807, 2.05) is 7.05 Å². The van der Waals surface area contributed by atoms with Crippen molar-refractivity contribution in [2.75, 3.05) is 13.6 Å². The van der Waals surface area contributed by atoms with Crippen LogP contribution in [-0.4, -0.2) is 23.4 Å². The topological polar surface area (TPSA) is 29.9 Å². The molecular formula is C14H25N3. The predicted octanol–water partition coefficient (Wildman–Crippen LogP) is 2.64. The molecule has 1 N–H and O–H groups in total. The summed E-state index contributed by atoms with van der Waals surface area (Å²) in [7, 11) is 2.05. The van der Waals surface area contributed by atoms with Crippen LogP contribution >= 0.6 is 0 Å².